The van der Waals surface area contributed by atoms with E-state index in [-0.39, 0.29) is 0 Å². The Balaban J connectivity index is 2.92. The average molecular weight is 206 g/mol. The molecule has 0 saturated carbocycles. The number of aromatic nitrogens is 2. The molecule has 0 bridgehead atoms. The molecule has 0 aliphatic carbocycles. The summed E-state index contributed by atoms with van der Waals surface area (Å²) in [6.07, 6.45) is 0. The molecule has 0 aliphatic rings. The van der Waals surface area contributed by atoms with Crippen molar-refractivity contribution in [2.75, 3.05) is 7.11 Å². The van der Waals surface area contributed by atoms with E-state index in [2.05, 4.69) is 4.98 Å². The molecule has 0 atom stereocenters. The van der Waals surface area contributed by atoms with Crippen LogP contribution in [0.15, 0.2) is 24.3 Å². The number of nitrogens with zero attached hydrogens (tertiary/aromatic N) is 2. The standard InChI is InChI=1S/C10H10N2OS/c1-12-9(14)7-5-3-4-6-8(7)11-10(12)13-2/h3-6H,1-2H3. The number of para-hydroxylation sites is 1. The Hall–Kier alpha value is -1.42. The molecule has 2 rings (SSSR count). The van der Waals surface area contributed by atoms with Gasteiger partial charge in [0.05, 0.1) is 12.6 Å². The van der Waals surface area contributed by atoms with Crippen molar-refractivity contribution in [2.45, 2.75) is 0 Å². The maximum absolute atomic E-state index is 5.29. The van der Waals surface area contributed by atoms with Crippen LogP contribution in [0.3, 0.4) is 0 Å². The van der Waals surface area contributed by atoms with E-state index in [4.69, 9.17) is 17.0 Å². The van der Waals surface area contributed by atoms with E-state index < -0.39 is 0 Å². The number of ether oxygens (including phenoxy) is 1. The van der Waals surface area contributed by atoms with Gasteiger partial charge < -0.3 is 4.74 Å². The zero-order valence-corrected chi connectivity index (χ0v) is 8.84. The third-order valence-corrected chi connectivity index (χ3v) is 2.62. The van der Waals surface area contributed by atoms with Gasteiger partial charge in [-0.1, -0.05) is 24.4 Å². The van der Waals surface area contributed by atoms with E-state index in [0.717, 1.165) is 15.5 Å². The first-order valence-electron chi connectivity index (χ1n) is 4.24. The molecule has 0 amide bonds. The molecule has 0 aliphatic heterocycles. The van der Waals surface area contributed by atoms with Crippen LogP contribution in [0.4, 0.5) is 0 Å². The molecule has 72 valence electrons. The summed E-state index contributed by atoms with van der Waals surface area (Å²) >= 11 is 5.29. The second-order valence-electron chi connectivity index (χ2n) is 2.98. The van der Waals surface area contributed by atoms with Gasteiger partial charge in [-0.05, 0) is 12.1 Å². The molecule has 3 nitrogen and oxygen atoms in total. The molecule has 0 unspecified atom stereocenters. The van der Waals surface area contributed by atoms with Crippen LogP contribution >= 0.6 is 12.2 Å². The smallest absolute Gasteiger partial charge is 0.297 e. The third kappa shape index (κ3) is 1.28. The van der Waals surface area contributed by atoms with Gasteiger partial charge in [0, 0.05) is 12.4 Å². The number of hydrogen-bond acceptors (Lipinski definition) is 3. The van der Waals surface area contributed by atoms with Crippen LogP contribution in [0.1, 0.15) is 0 Å². The SMILES string of the molecule is COc1nc2ccccc2c(=S)n1C. The lowest BCUT2D eigenvalue weighted by Gasteiger charge is -2.07. The fraction of sp³-hybridized carbons (Fsp3) is 0.200. The number of hydrogen-bond donors (Lipinski definition) is 0. The fourth-order valence-electron chi connectivity index (χ4n) is 1.38. The highest BCUT2D eigenvalue weighted by atomic mass is 32.1. The molecule has 1 aromatic heterocycles. The molecule has 0 radical (unpaired) electrons. The predicted octanol–water partition coefficient (Wildman–Crippen LogP) is 2.31. The van der Waals surface area contributed by atoms with Crippen molar-refractivity contribution in [3.05, 3.63) is 28.9 Å². The Morgan fingerprint density at radius 2 is 2.07 bits per heavy atom. The molecular weight excluding hydrogens is 196 g/mol. The number of methoxy groups -OCH3 is 1. The van der Waals surface area contributed by atoms with Gasteiger partial charge in [-0.3, -0.25) is 4.57 Å². The summed E-state index contributed by atoms with van der Waals surface area (Å²) in [4.78, 5) is 4.33. The highest BCUT2D eigenvalue weighted by Gasteiger charge is 2.03. The Bertz CT molecular complexity index is 533. The second-order valence-corrected chi connectivity index (χ2v) is 3.37. The van der Waals surface area contributed by atoms with Gasteiger partial charge in [-0.2, -0.15) is 4.98 Å². The second kappa shape index (κ2) is 3.38. The van der Waals surface area contributed by atoms with Crippen LogP contribution in [0.2, 0.25) is 0 Å². The first-order valence-corrected chi connectivity index (χ1v) is 4.64. The number of fused-ring (bicyclic) bond motifs is 1. The van der Waals surface area contributed by atoms with Gasteiger partial charge in [0.15, 0.2) is 0 Å². The first kappa shape index (κ1) is 9.15. The Labute approximate surface area is 87.0 Å². The summed E-state index contributed by atoms with van der Waals surface area (Å²) in [5.74, 6) is 0. The van der Waals surface area contributed by atoms with Crippen LogP contribution in [-0.2, 0) is 7.05 Å². The van der Waals surface area contributed by atoms with Crippen LogP contribution in [0.25, 0.3) is 10.9 Å². The fourth-order valence-corrected chi connectivity index (χ4v) is 1.63. The van der Waals surface area contributed by atoms with Crippen molar-refractivity contribution in [1.29, 1.82) is 0 Å². The molecule has 1 heterocycles. The van der Waals surface area contributed by atoms with Gasteiger partial charge >= 0.3 is 0 Å². The van der Waals surface area contributed by atoms with Crippen LogP contribution < -0.4 is 4.74 Å². The number of benzene rings is 1. The van der Waals surface area contributed by atoms with Crippen molar-refractivity contribution in [2.24, 2.45) is 7.05 Å². The zero-order valence-electron chi connectivity index (χ0n) is 8.02. The van der Waals surface area contributed by atoms with E-state index in [9.17, 15) is 0 Å². The number of rotatable bonds is 1. The summed E-state index contributed by atoms with van der Waals surface area (Å²) in [5, 5.41) is 0.978. The molecule has 0 spiro atoms. The molecule has 0 N–H and O–H groups in total. The summed E-state index contributed by atoms with van der Waals surface area (Å²) in [7, 11) is 3.44. The van der Waals surface area contributed by atoms with Gasteiger partial charge in [0.1, 0.15) is 4.64 Å². The highest BCUT2D eigenvalue weighted by Crippen LogP contribution is 2.17. The van der Waals surface area contributed by atoms with Crippen LogP contribution in [0, 0.1) is 4.64 Å². The van der Waals surface area contributed by atoms with E-state index in [0.29, 0.717) is 6.01 Å². The minimum atomic E-state index is 0.536. The molecule has 0 fully saturated rings. The lowest BCUT2D eigenvalue weighted by Crippen LogP contribution is -2.02. The summed E-state index contributed by atoms with van der Waals surface area (Å²) in [5.41, 5.74) is 0.868. The quantitative estimate of drug-likeness (QED) is 0.670. The lowest BCUT2D eigenvalue weighted by molar-refractivity contribution is 0.361. The zero-order chi connectivity index (χ0) is 10.1. The van der Waals surface area contributed by atoms with Crippen molar-refractivity contribution < 1.29 is 4.74 Å². The summed E-state index contributed by atoms with van der Waals surface area (Å²) in [6.45, 7) is 0. The largest absolute Gasteiger partial charge is 0.468 e. The van der Waals surface area contributed by atoms with Crippen molar-refractivity contribution in [3.63, 3.8) is 0 Å². The van der Waals surface area contributed by atoms with Crippen LogP contribution in [-0.4, -0.2) is 16.7 Å². The molecule has 1 aromatic carbocycles. The summed E-state index contributed by atoms with van der Waals surface area (Å²) in [6, 6.07) is 8.31. The maximum atomic E-state index is 5.29. The third-order valence-electron chi connectivity index (χ3n) is 2.12. The van der Waals surface area contributed by atoms with Gasteiger partial charge in [0.2, 0.25) is 0 Å². The van der Waals surface area contributed by atoms with Crippen molar-refractivity contribution in [3.8, 4) is 6.01 Å². The van der Waals surface area contributed by atoms with Gasteiger partial charge in [-0.15, -0.1) is 0 Å². The molecule has 14 heavy (non-hydrogen) atoms. The highest BCUT2D eigenvalue weighted by molar-refractivity contribution is 7.71. The minimum Gasteiger partial charge on any atom is -0.468 e. The van der Waals surface area contributed by atoms with Crippen molar-refractivity contribution in [1.82, 2.24) is 9.55 Å². The van der Waals surface area contributed by atoms with E-state index >= 15 is 0 Å². The molecule has 0 saturated heterocycles. The molecule has 4 heteroatoms. The normalized spacial score (nSPS) is 10.4. The topological polar surface area (TPSA) is 27.1 Å². The first-order chi connectivity index (χ1) is 6.74. The summed E-state index contributed by atoms with van der Waals surface area (Å²) < 4.78 is 7.62. The Kier molecular flexibility index (Phi) is 2.21. The molecule has 2 aromatic rings. The van der Waals surface area contributed by atoms with Gasteiger partial charge in [0.25, 0.3) is 6.01 Å². The van der Waals surface area contributed by atoms with Crippen molar-refractivity contribution >= 4 is 23.1 Å². The van der Waals surface area contributed by atoms with E-state index in [1.54, 1.807) is 11.7 Å². The minimum absolute atomic E-state index is 0.536. The Morgan fingerprint density at radius 1 is 1.36 bits per heavy atom. The predicted molar refractivity (Wildman–Crippen MR) is 58.1 cm³/mol. The monoisotopic (exact) mass is 206 g/mol. The van der Waals surface area contributed by atoms with Gasteiger partial charge in [-0.25, -0.2) is 0 Å². The molecular formula is C10H10N2OS. The lowest BCUT2D eigenvalue weighted by atomic mass is 10.2. The van der Waals surface area contributed by atoms with E-state index in [1.165, 1.54) is 0 Å². The average Bonchev–Trinajstić information content (AvgIpc) is 2.23. The Morgan fingerprint density at radius 3 is 2.79 bits per heavy atom. The van der Waals surface area contributed by atoms with Crippen LogP contribution in [0.5, 0.6) is 6.01 Å². The maximum Gasteiger partial charge on any atom is 0.297 e. The van der Waals surface area contributed by atoms with E-state index in [1.807, 2.05) is 31.3 Å².